The zero-order valence-electron chi connectivity index (χ0n) is 10.2. The van der Waals surface area contributed by atoms with Crippen molar-refractivity contribution in [2.24, 2.45) is 5.41 Å². The van der Waals surface area contributed by atoms with Gasteiger partial charge in [0.05, 0.1) is 0 Å². The summed E-state index contributed by atoms with van der Waals surface area (Å²) in [6.07, 6.45) is 1.15. The standard InChI is InChI=1S/C11H20O4/c1-10(2,3)8(12)7-9(13)11(4,14-5)15-6/h7,12H,1-6H3. The Morgan fingerprint density at radius 3 is 1.80 bits per heavy atom. The minimum absolute atomic E-state index is 0.00725. The van der Waals surface area contributed by atoms with Gasteiger partial charge < -0.3 is 14.6 Å². The Morgan fingerprint density at radius 2 is 1.53 bits per heavy atom. The third-order valence-electron chi connectivity index (χ3n) is 2.26. The van der Waals surface area contributed by atoms with Crippen LogP contribution in [0.2, 0.25) is 0 Å². The summed E-state index contributed by atoms with van der Waals surface area (Å²) in [4.78, 5) is 11.7. The lowest BCUT2D eigenvalue weighted by Crippen LogP contribution is -2.38. The second-order valence-corrected chi connectivity index (χ2v) is 4.50. The molecule has 0 aliphatic carbocycles. The Balaban J connectivity index is 4.90. The molecule has 0 aromatic carbocycles. The number of ether oxygens (including phenoxy) is 2. The van der Waals surface area contributed by atoms with Gasteiger partial charge >= 0.3 is 0 Å². The predicted molar refractivity (Wildman–Crippen MR) is 57.6 cm³/mol. The second-order valence-electron chi connectivity index (χ2n) is 4.50. The Bertz CT molecular complexity index is 256. The quantitative estimate of drug-likeness (QED) is 0.444. The highest BCUT2D eigenvalue weighted by atomic mass is 16.7. The molecule has 15 heavy (non-hydrogen) atoms. The molecular weight excluding hydrogens is 196 g/mol. The highest BCUT2D eigenvalue weighted by molar-refractivity contribution is 5.95. The maximum atomic E-state index is 11.7. The van der Waals surface area contributed by atoms with Crippen LogP contribution in [0.4, 0.5) is 0 Å². The van der Waals surface area contributed by atoms with E-state index < -0.39 is 17.0 Å². The van der Waals surface area contributed by atoms with Crippen LogP contribution in [-0.4, -0.2) is 30.9 Å². The maximum Gasteiger partial charge on any atom is 0.229 e. The molecule has 0 heterocycles. The van der Waals surface area contributed by atoms with Gasteiger partial charge in [-0.3, -0.25) is 4.79 Å². The molecule has 0 fully saturated rings. The summed E-state index contributed by atoms with van der Waals surface area (Å²) < 4.78 is 9.87. The fourth-order valence-electron chi connectivity index (χ4n) is 0.756. The molecule has 0 aliphatic heterocycles. The van der Waals surface area contributed by atoms with E-state index in [0.29, 0.717) is 0 Å². The molecule has 0 spiro atoms. The molecule has 0 saturated heterocycles. The molecule has 0 aromatic rings. The minimum atomic E-state index is -1.33. The molecule has 0 amide bonds. The molecule has 0 radical (unpaired) electrons. The Kier molecular flexibility index (Phi) is 4.49. The number of carbonyl (C=O) groups excluding carboxylic acids is 1. The van der Waals surface area contributed by atoms with Crippen LogP contribution in [0.5, 0.6) is 0 Å². The van der Waals surface area contributed by atoms with Crippen molar-refractivity contribution in [1.82, 2.24) is 0 Å². The van der Waals surface area contributed by atoms with E-state index in [-0.39, 0.29) is 5.76 Å². The lowest BCUT2D eigenvalue weighted by atomic mass is 9.92. The van der Waals surface area contributed by atoms with Gasteiger partial charge in [0.15, 0.2) is 0 Å². The number of hydrogen-bond donors (Lipinski definition) is 1. The zero-order valence-corrected chi connectivity index (χ0v) is 10.2. The largest absolute Gasteiger partial charge is 0.512 e. The summed E-state index contributed by atoms with van der Waals surface area (Å²) in [6.45, 7) is 6.93. The monoisotopic (exact) mass is 216 g/mol. The maximum absolute atomic E-state index is 11.7. The molecule has 4 heteroatoms. The number of allylic oxidation sites excluding steroid dienone is 1. The molecule has 4 nitrogen and oxygen atoms in total. The van der Waals surface area contributed by atoms with E-state index in [0.717, 1.165) is 6.08 Å². The molecule has 88 valence electrons. The lowest BCUT2D eigenvalue weighted by molar-refractivity contribution is -0.194. The van der Waals surface area contributed by atoms with E-state index in [9.17, 15) is 9.90 Å². The minimum Gasteiger partial charge on any atom is -0.512 e. The van der Waals surface area contributed by atoms with Gasteiger partial charge in [-0.15, -0.1) is 0 Å². The van der Waals surface area contributed by atoms with E-state index in [4.69, 9.17) is 9.47 Å². The van der Waals surface area contributed by atoms with Crippen molar-refractivity contribution < 1.29 is 19.4 Å². The first-order chi connectivity index (χ1) is 6.67. The topological polar surface area (TPSA) is 55.8 Å². The molecule has 0 atom stereocenters. The second kappa shape index (κ2) is 4.77. The Labute approximate surface area is 90.9 Å². The first-order valence-electron chi connectivity index (χ1n) is 4.73. The summed E-state index contributed by atoms with van der Waals surface area (Å²) in [5.41, 5.74) is -0.460. The fraction of sp³-hybridized carbons (Fsp3) is 0.727. The van der Waals surface area contributed by atoms with Crippen LogP contribution in [0.3, 0.4) is 0 Å². The van der Waals surface area contributed by atoms with Crippen molar-refractivity contribution in [2.75, 3.05) is 14.2 Å². The van der Waals surface area contributed by atoms with Crippen LogP contribution in [0.25, 0.3) is 0 Å². The summed E-state index contributed by atoms with van der Waals surface area (Å²) >= 11 is 0. The number of carbonyl (C=O) groups is 1. The molecule has 0 saturated carbocycles. The number of aliphatic hydroxyl groups is 1. The number of ketones is 1. The molecule has 0 rings (SSSR count). The predicted octanol–water partition coefficient (Wildman–Crippen LogP) is 2.05. The number of aliphatic hydroxyl groups excluding tert-OH is 1. The van der Waals surface area contributed by atoms with Gasteiger partial charge in [-0.05, 0) is 6.92 Å². The summed E-state index contributed by atoms with van der Waals surface area (Å²) in [7, 11) is 2.76. The van der Waals surface area contributed by atoms with Crippen LogP contribution in [0, 0.1) is 5.41 Å². The van der Waals surface area contributed by atoms with Crippen molar-refractivity contribution in [2.45, 2.75) is 33.5 Å². The summed E-state index contributed by atoms with van der Waals surface area (Å²) in [5.74, 6) is -1.74. The van der Waals surface area contributed by atoms with Crippen LogP contribution < -0.4 is 0 Å². The first-order valence-corrected chi connectivity index (χ1v) is 4.73. The van der Waals surface area contributed by atoms with Gasteiger partial charge in [-0.25, -0.2) is 0 Å². The highest BCUT2D eigenvalue weighted by Crippen LogP contribution is 2.24. The molecule has 0 unspecified atom stereocenters. The third kappa shape index (κ3) is 3.64. The third-order valence-corrected chi connectivity index (χ3v) is 2.26. The van der Waals surface area contributed by atoms with E-state index >= 15 is 0 Å². The summed E-state index contributed by atoms with van der Waals surface area (Å²) in [6, 6.07) is 0. The van der Waals surface area contributed by atoms with Gasteiger partial charge in [0.1, 0.15) is 5.76 Å². The smallest absolute Gasteiger partial charge is 0.229 e. The van der Waals surface area contributed by atoms with Crippen molar-refractivity contribution >= 4 is 5.78 Å². The van der Waals surface area contributed by atoms with E-state index in [2.05, 4.69) is 0 Å². The molecule has 0 aliphatic rings. The Hall–Kier alpha value is -0.870. The van der Waals surface area contributed by atoms with Crippen molar-refractivity contribution in [1.29, 1.82) is 0 Å². The Morgan fingerprint density at radius 1 is 1.13 bits per heavy atom. The number of methoxy groups -OCH3 is 2. The molecule has 1 N–H and O–H groups in total. The zero-order chi connectivity index (χ0) is 12.3. The molecule has 0 aromatic heterocycles. The van der Waals surface area contributed by atoms with E-state index in [1.54, 1.807) is 0 Å². The first kappa shape index (κ1) is 14.1. The van der Waals surface area contributed by atoms with Crippen LogP contribution in [0.1, 0.15) is 27.7 Å². The van der Waals surface area contributed by atoms with Gasteiger partial charge in [0.2, 0.25) is 11.6 Å². The van der Waals surface area contributed by atoms with Gasteiger partial charge in [0.25, 0.3) is 0 Å². The number of hydrogen-bond acceptors (Lipinski definition) is 4. The van der Waals surface area contributed by atoms with Crippen molar-refractivity contribution in [3.05, 3.63) is 11.8 Å². The average Bonchev–Trinajstić information content (AvgIpc) is 2.14. The van der Waals surface area contributed by atoms with Crippen molar-refractivity contribution in [3.63, 3.8) is 0 Å². The van der Waals surface area contributed by atoms with E-state index in [1.807, 2.05) is 20.8 Å². The van der Waals surface area contributed by atoms with Gasteiger partial charge in [0, 0.05) is 25.7 Å². The van der Waals surface area contributed by atoms with E-state index in [1.165, 1.54) is 21.1 Å². The SMILES string of the molecule is COC(C)(OC)C(=O)C=C(O)C(C)(C)C. The average molecular weight is 216 g/mol. The molecular formula is C11H20O4. The van der Waals surface area contributed by atoms with Crippen molar-refractivity contribution in [3.8, 4) is 0 Å². The number of rotatable bonds is 4. The highest BCUT2D eigenvalue weighted by Gasteiger charge is 2.32. The van der Waals surface area contributed by atoms with Crippen LogP contribution in [-0.2, 0) is 14.3 Å². The van der Waals surface area contributed by atoms with Gasteiger partial charge in [-0.2, -0.15) is 0 Å². The summed E-state index contributed by atoms with van der Waals surface area (Å²) in [5, 5.41) is 9.64. The van der Waals surface area contributed by atoms with Crippen LogP contribution >= 0.6 is 0 Å². The van der Waals surface area contributed by atoms with Crippen LogP contribution in [0.15, 0.2) is 11.8 Å². The lowest BCUT2D eigenvalue weighted by Gasteiger charge is -2.24. The normalized spacial score (nSPS) is 14.1. The fourth-order valence-corrected chi connectivity index (χ4v) is 0.756. The van der Waals surface area contributed by atoms with Gasteiger partial charge in [-0.1, -0.05) is 20.8 Å². The molecule has 0 bridgehead atoms.